The van der Waals surface area contributed by atoms with Crippen molar-refractivity contribution in [2.45, 2.75) is 20.4 Å². The first-order valence-electron chi connectivity index (χ1n) is 6.73. The molecule has 2 N–H and O–H groups in total. The molecule has 0 atom stereocenters. The van der Waals surface area contributed by atoms with Crippen molar-refractivity contribution in [1.82, 2.24) is 9.78 Å². The number of aryl methyl sites for hydroxylation is 1. The second-order valence-corrected chi connectivity index (χ2v) is 4.34. The van der Waals surface area contributed by atoms with Crippen molar-refractivity contribution in [2.24, 2.45) is 0 Å². The predicted molar refractivity (Wildman–Crippen MR) is 80.0 cm³/mol. The van der Waals surface area contributed by atoms with Gasteiger partial charge >= 0.3 is 5.97 Å². The summed E-state index contributed by atoms with van der Waals surface area (Å²) in [5.74, 6) is -0.637. The van der Waals surface area contributed by atoms with Gasteiger partial charge in [0.15, 0.2) is 0 Å². The molecule has 0 aliphatic heterocycles. The molecular formula is C15H17N3O3. The van der Waals surface area contributed by atoms with E-state index in [4.69, 9.17) is 10.5 Å². The maximum absolute atomic E-state index is 12.1. The summed E-state index contributed by atoms with van der Waals surface area (Å²) in [6.45, 7) is 4.04. The highest BCUT2D eigenvalue weighted by atomic mass is 16.5. The first-order chi connectivity index (χ1) is 10.1. The SMILES string of the molecule is CCOC(=O)c1c(-c2ccccc2)nn(CC)c(=O)c1N. The molecule has 0 radical (unpaired) electrons. The molecular weight excluding hydrogens is 270 g/mol. The highest BCUT2D eigenvalue weighted by molar-refractivity contribution is 6.00. The highest BCUT2D eigenvalue weighted by Gasteiger charge is 2.23. The van der Waals surface area contributed by atoms with Crippen molar-refractivity contribution < 1.29 is 9.53 Å². The number of carbonyl (C=O) groups is 1. The molecule has 0 fully saturated rings. The summed E-state index contributed by atoms with van der Waals surface area (Å²) in [5.41, 5.74) is 6.32. The molecule has 6 nitrogen and oxygen atoms in total. The van der Waals surface area contributed by atoms with Gasteiger partial charge in [-0.2, -0.15) is 5.10 Å². The summed E-state index contributed by atoms with van der Waals surface area (Å²) >= 11 is 0. The molecule has 0 unspecified atom stereocenters. The Labute approximate surface area is 122 Å². The number of benzene rings is 1. The van der Waals surface area contributed by atoms with Gasteiger partial charge in [-0.25, -0.2) is 9.48 Å². The van der Waals surface area contributed by atoms with Crippen LogP contribution in [0, 0.1) is 0 Å². The Morgan fingerprint density at radius 1 is 1.29 bits per heavy atom. The summed E-state index contributed by atoms with van der Waals surface area (Å²) in [5, 5.41) is 4.25. The van der Waals surface area contributed by atoms with Crippen LogP contribution in [0.5, 0.6) is 0 Å². The second-order valence-electron chi connectivity index (χ2n) is 4.34. The minimum Gasteiger partial charge on any atom is -0.462 e. The molecule has 0 bridgehead atoms. The van der Waals surface area contributed by atoms with Crippen molar-refractivity contribution in [3.05, 3.63) is 46.2 Å². The Hall–Kier alpha value is -2.63. The van der Waals surface area contributed by atoms with E-state index in [1.807, 2.05) is 18.2 Å². The van der Waals surface area contributed by atoms with Crippen LogP contribution >= 0.6 is 0 Å². The van der Waals surface area contributed by atoms with Crippen molar-refractivity contribution in [2.75, 3.05) is 12.3 Å². The molecule has 1 aromatic carbocycles. The maximum atomic E-state index is 12.1. The fraction of sp³-hybridized carbons (Fsp3) is 0.267. The van der Waals surface area contributed by atoms with E-state index in [2.05, 4.69) is 5.10 Å². The van der Waals surface area contributed by atoms with Gasteiger partial charge in [-0.05, 0) is 13.8 Å². The summed E-state index contributed by atoms with van der Waals surface area (Å²) in [4.78, 5) is 24.2. The van der Waals surface area contributed by atoms with E-state index in [0.717, 1.165) is 0 Å². The van der Waals surface area contributed by atoms with Crippen molar-refractivity contribution in [1.29, 1.82) is 0 Å². The topological polar surface area (TPSA) is 87.2 Å². The summed E-state index contributed by atoms with van der Waals surface area (Å²) in [7, 11) is 0. The van der Waals surface area contributed by atoms with Gasteiger partial charge in [-0.15, -0.1) is 0 Å². The van der Waals surface area contributed by atoms with Crippen LogP contribution in [0.25, 0.3) is 11.3 Å². The molecule has 0 aliphatic rings. The molecule has 110 valence electrons. The molecule has 0 saturated carbocycles. The minimum absolute atomic E-state index is 0.0257. The molecule has 21 heavy (non-hydrogen) atoms. The van der Waals surface area contributed by atoms with Gasteiger partial charge in [0.05, 0.1) is 6.61 Å². The lowest BCUT2D eigenvalue weighted by Gasteiger charge is -2.13. The lowest BCUT2D eigenvalue weighted by Crippen LogP contribution is -2.29. The number of esters is 1. The fourth-order valence-electron chi connectivity index (χ4n) is 2.01. The minimum atomic E-state index is -0.637. The van der Waals surface area contributed by atoms with Crippen LogP contribution in [0.3, 0.4) is 0 Å². The van der Waals surface area contributed by atoms with E-state index in [9.17, 15) is 9.59 Å². The fourth-order valence-corrected chi connectivity index (χ4v) is 2.01. The first-order valence-corrected chi connectivity index (χ1v) is 6.73. The van der Waals surface area contributed by atoms with Gasteiger partial charge in [0.25, 0.3) is 5.56 Å². The lowest BCUT2D eigenvalue weighted by atomic mass is 10.1. The quantitative estimate of drug-likeness (QED) is 0.865. The van der Waals surface area contributed by atoms with Crippen LogP contribution in [-0.2, 0) is 11.3 Å². The zero-order valence-corrected chi connectivity index (χ0v) is 12.0. The highest BCUT2D eigenvalue weighted by Crippen LogP contribution is 2.24. The molecule has 1 heterocycles. The largest absolute Gasteiger partial charge is 0.462 e. The Morgan fingerprint density at radius 2 is 1.95 bits per heavy atom. The Kier molecular flexibility index (Phi) is 4.37. The van der Waals surface area contributed by atoms with E-state index >= 15 is 0 Å². The summed E-state index contributed by atoms with van der Waals surface area (Å²) < 4.78 is 6.23. The van der Waals surface area contributed by atoms with Crippen LogP contribution < -0.4 is 11.3 Å². The number of nitrogens with two attached hydrogens (primary N) is 1. The zero-order valence-electron chi connectivity index (χ0n) is 12.0. The standard InChI is InChI=1S/C15H17N3O3/c1-3-18-14(19)12(16)11(15(20)21-4-2)13(17-18)10-8-6-5-7-9-10/h5-9H,3-4,16H2,1-2H3. The number of carbonyl (C=O) groups excluding carboxylic acids is 1. The second kappa shape index (κ2) is 6.21. The third kappa shape index (κ3) is 2.79. The zero-order chi connectivity index (χ0) is 15.4. The third-order valence-corrected chi connectivity index (χ3v) is 3.02. The van der Waals surface area contributed by atoms with Gasteiger partial charge in [0, 0.05) is 12.1 Å². The molecule has 0 saturated heterocycles. The van der Waals surface area contributed by atoms with Crippen molar-refractivity contribution in [3.63, 3.8) is 0 Å². The van der Waals surface area contributed by atoms with E-state index in [1.54, 1.807) is 26.0 Å². The Bertz CT molecular complexity index is 708. The van der Waals surface area contributed by atoms with Gasteiger partial charge in [0.1, 0.15) is 16.9 Å². The number of hydrogen-bond donors (Lipinski definition) is 1. The van der Waals surface area contributed by atoms with E-state index in [0.29, 0.717) is 17.8 Å². The summed E-state index contributed by atoms with van der Waals surface area (Å²) in [6, 6.07) is 9.10. The van der Waals surface area contributed by atoms with E-state index < -0.39 is 11.5 Å². The van der Waals surface area contributed by atoms with Gasteiger partial charge in [0.2, 0.25) is 0 Å². The maximum Gasteiger partial charge on any atom is 0.342 e. The average molecular weight is 287 g/mol. The first kappa shape index (κ1) is 14.8. The monoisotopic (exact) mass is 287 g/mol. The van der Waals surface area contributed by atoms with Crippen molar-refractivity contribution in [3.8, 4) is 11.3 Å². The number of aromatic nitrogens is 2. The molecule has 0 aliphatic carbocycles. The number of anilines is 1. The Morgan fingerprint density at radius 3 is 2.52 bits per heavy atom. The predicted octanol–water partition coefficient (Wildman–Crippen LogP) is 1.69. The summed E-state index contributed by atoms with van der Waals surface area (Å²) in [6.07, 6.45) is 0. The Balaban J connectivity index is 2.75. The van der Waals surface area contributed by atoms with Crippen molar-refractivity contribution >= 4 is 11.7 Å². The molecule has 2 rings (SSSR count). The molecule has 6 heteroatoms. The number of rotatable bonds is 4. The van der Waals surface area contributed by atoms with Gasteiger partial charge in [-0.1, -0.05) is 30.3 Å². The average Bonchev–Trinajstić information content (AvgIpc) is 2.50. The van der Waals surface area contributed by atoms with Crippen LogP contribution in [0.2, 0.25) is 0 Å². The third-order valence-electron chi connectivity index (χ3n) is 3.02. The van der Waals surface area contributed by atoms with Crippen LogP contribution in [0.4, 0.5) is 5.69 Å². The van der Waals surface area contributed by atoms with Gasteiger partial charge in [-0.3, -0.25) is 4.79 Å². The smallest absolute Gasteiger partial charge is 0.342 e. The van der Waals surface area contributed by atoms with Crippen LogP contribution in [0.1, 0.15) is 24.2 Å². The van der Waals surface area contributed by atoms with E-state index in [-0.39, 0.29) is 17.9 Å². The molecule has 0 amide bonds. The normalized spacial score (nSPS) is 10.4. The van der Waals surface area contributed by atoms with E-state index in [1.165, 1.54) is 4.68 Å². The number of nitrogens with zero attached hydrogens (tertiary/aromatic N) is 2. The van der Waals surface area contributed by atoms with Crippen LogP contribution in [-0.4, -0.2) is 22.4 Å². The molecule has 1 aromatic heterocycles. The number of nitrogen functional groups attached to an aromatic ring is 1. The van der Waals surface area contributed by atoms with Crippen LogP contribution in [0.15, 0.2) is 35.1 Å². The number of hydrogen-bond acceptors (Lipinski definition) is 5. The number of ether oxygens (including phenoxy) is 1. The molecule has 2 aromatic rings. The van der Waals surface area contributed by atoms with Gasteiger partial charge < -0.3 is 10.5 Å². The molecule has 0 spiro atoms. The lowest BCUT2D eigenvalue weighted by molar-refractivity contribution is 0.0527.